The van der Waals surface area contributed by atoms with Crippen molar-refractivity contribution in [3.63, 3.8) is 0 Å². The van der Waals surface area contributed by atoms with Gasteiger partial charge < -0.3 is 10.5 Å². The van der Waals surface area contributed by atoms with Crippen molar-refractivity contribution >= 4 is 11.8 Å². The Morgan fingerprint density at radius 3 is 3.00 bits per heavy atom. The molecule has 18 heavy (non-hydrogen) atoms. The van der Waals surface area contributed by atoms with Gasteiger partial charge in [0.1, 0.15) is 11.4 Å². The van der Waals surface area contributed by atoms with E-state index in [1.165, 1.54) is 18.0 Å². The molecule has 6 nitrogen and oxygen atoms in total. The highest BCUT2D eigenvalue weighted by Gasteiger charge is 2.16. The van der Waals surface area contributed by atoms with E-state index >= 15 is 0 Å². The second kappa shape index (κ2) is 4.59. The third-order valence-electron chi connectivity index (χ3n) is 2.43. The summed E-state index contributed by atoms with van der Waals surface area (Å²) in [6.45, 7) is 0. The minimum absolute atomic E-state index is 0.178. The molecule has 0 aliphatic rings. The van der Waals surface area contributed by atoms with Crippen LogP contribution in [0.1, 0.15) is 15.9 Å². The van der Waals surface area contributed by atoms with Gasteiger partial charge in [-0.25, -0.2) is 9.48 Å². The van der Waals surface area contributed by atoms with Gasteiger partial charge in [0.2, 0.25) is 0 Å². The zero-order valence-electron chi connectivity index (χ0n) is 9.62. The quantitative estimate of drug-likeness (QED) is 0.796. The Morgan fingerprint density at radius 2 is 2.33 bits per heavy atom. The van der Waals surface area contributed by atoms with Crippen LogP contribution >= 0.6 is 0 Å². The number of hydrogen-bond acceptors (Lipinski definition) is 5. The normalized spacial score (nSPS) is 9.78. The fraction of sp³-hybridized carbons (Fsp3) is 0.0833. The molecule has 0 saturated carbocycles. The molecular formula is C12H10N4O2. The molecule has 0 spiro atoms. The number of benzene rings is 1. The highest BCUT2D eigenvalue weighted by Crippen LogP contribution is 2.18. The lowest BCUT2D eigenvalue weighted by Gasteiger charge is -2.04. The second-order valence-corrected chi connectivity index (χ2v) is 3.51. The van der Waals surface area contributed by atoms with E-state index in [0.717, 1.165) is 0 Å². The molecule has 0 bridgehead atoms. The molecule has 0 radical (unpaired) electrons. The Hall–Kier alpha value is -2.81. The van der Waals surface area contributed by atoms with Crippen LogP contribution in [-0.2, 0) is 4.74 Å². The van der Waals surface area contributed by atoms with Gasteiger partial charge >= 0.3 is 5.97 Å². The van der Waals surface area contributed by atoms with Gasteiger partial charge in [-0.2, -0.15) is 10.4 Å². The van der Waals surface area contributed by atoms with Gasteiger partial charge in [0.15, 0.2) is 0 Å². The Labute approximate surface area is 103 Å². The molecule has 1 aromatic carbocycles. The van der Waals surface area contributed by atoms with E-state index in [2.05, 4.69) is 9.84 Å². The standard InChI is InChI=1S/C12H10N4O2/c1-18-12(17)10-7-15-16(11(10)14)9-4-2-3-8(5-9)6-13/h2-5,7H,14H2,1H3. The number of hydrogen-bond donors (Lipinski definition) is 1. The van der Waals surface area contributed by atoms with Crippen molar-refractivity contribution in [2.75, 3.05) is 12.8 Å². The second-order valence-electron chi connectivity index (χ2n) is 3.51. The van der Waals surface area contributed by atoms with Crippen LogP contribution in [0.25, 0.3) is 5.69 Å². The first-order valence-electron chi connectivity index (χ1n) is 5.09. The molecule has 0 aliphatic heterocycles. The van der Waals surface area contributed by atoms with Crippen LogP contribution < -0.4 is 5.73 Å². The van der Waals surface area contributed by atoms with Crippen molar-refractivity contribution in [1.82, 2.24) is 9.78 Å². The molecule has 0 aliphatic carbocycles. The summed E-state index contributed by atoms with van der Waals surface area (Å²) in [5.74, 6) is -0.368. The molecule has 2 rings (SSSR count). The van der Waals surface area contributed by atoms with Gasteiger partial charge in [-0.1, -0.05) is 6.07 Å². The van der Waals surface area contributed by atoms with Crippen molar-refractivity contribution in [3.05, 3.63) is 41.6 Å². The van der Waals surface area contributed by atoms with Crippen LogP contribution in [-0.4, -0.2) is 22.9 Å². The summed E-state index contributed by atoms with van der Waals surface area (Å²) in [4.78, 5) is 11.4. The molecule has 1 heterocycles. The molecule has 0 fully saturated rings. The SMILES string of the molecule is COC(=O)c1cnn(-c2cccc(C#N)c2)c1N. The van der Waals surface area contributed by atoms with E-state index in [0.29, 0.717) is 11.3 Å². The Balaban J connectivity index is 2.49. The zero-order valence-corrected chi connectivity index (χ0v) is 9.62. The van der Waals surface area contributed by atoms with Gasteiger partial charge in [0.25, 0.3) is 0 Å². The van der Waals surface area contributed by atoms with Crippen LogP contribution in [0.5, 0.6) is 0 Å². The number of nitrogen functional groups attached to an aromatic ring is 1. The average Bonchev–Trinajstić information content (AvgIpc) is 2.80. The summed E-state index contributed by atoms with van der Waals surface area (Å²) in [6.07, 6.45) is 1.33. The number of anilines is 1. The minimum Gasteiger partial charge on any atom is -0.465 e. The minimum atomic E-state index is -0.546. The Bertz CT molecular complexity index is 640. The first kappa shape index (κ1) is 11.7. The maximum atomic E-state index is 11.4. The molecule has 2 aromatic rings. The summed E-state index contributed by atoms with van der Waals surface area (Å²) in [5.41, 5.74) is 7.12. The Morgan fingerprint density at radius 1 is 1.56 bits per heavy atom. The summed E-state index contributed by atoms with van der Waals surface area (Å²) in [7, 11) is 1.27. The Kier molecular flexibility index (Phi) is 2.98. The van der Waals surface area contributed by atoms with Crippen molar-refractivity contribution in [2.45, 2.75) is 0 Å². The highest BCUT2D eigenvalue weighted by atomic mass is 16.5. The van der Waals surface area contributed by atoms with E-state index in [-0.39, 0.29) is 11.4 Å². The van der Waals surface area contributed by atoms with Crippen LogP contribution in [0.4, 0.5) is 5.82 Å². The number of ether oxygens (including phenoxy) is 1. The molecule has 0 saturated heterocycles. The van der Waals surface area contributed by atoms with Gasteiger partial charge in [-0.15, -0.1) is 0 Å². The summed E-state index contributed by atoms with van der Waals surface area (Å²) in [6, 6.07) is 8.78. The predicted molar refractivity (Wildman–Crippen MR) is 64.0 cm³/mol. The van der Waals surface area contributed by atoms with Crippen molar-refractivity contribution in [3.8, 4) is 11.8 Å². The van der Waals surface area contributed by atoms with Crippen LogP contribution in [0.2, 0.25) is 0 Å². The maximum Gasteiger partial charge on any atom is 0.343 e. The van der Waals surface area contributed by atoms with E-state index < -0.39 is 5.97 Å². The van der Waals surface area contributed by atoms with Gasteiger partial charge in [0.05, 0.1) is 30.6 Å². The predicted octanol–water partition coefficient (Wildman–Crippen LogP) is 1.11. The number of methoxy groups -OCH3 is 1. The molecule has 2 N–H and O–H groups in total. The van der Waals surface area contributed by atoms with Crippen molar-refractivity contribution in [1.29, 1.82) is 5.26 Å². The molecule has 90 valence electrons. The highest BCUT2D eigenvalue weighted by molar-refractivity contribution is 5.94. The number of esters is 1. The number of aromatic nitrogens is 2. The smallest absolute Gasteiger partial charge is 0.343 e. The summed E-state index contributed by atoms with van der Waals surface area (Å²) < 4.78 is 5.97. The van der Waals surface area contributed by atoms with E-state index in [4.69, 9.17) is 11.0 Å². The summed E-state index contributed by atoms with van der Waals surface area (Å²) >= 11 is 0. The maximum absolute atomic E-state index is 11.4. The van der Waals surface area contributed by atoms with Crippen molar-refractivity contribution in [2.24, 2.45) is 0 Å². The zero-order chi connectivity index (χ0) is 13.1. The van der Waals surface area contributed by atoms with Crippen LogP contribution in [0.15, 0.2) is 30.5 Å². The number of carbonyl (C=O) groups excluding carboxylic acids is 1. The number of nitrogens with two attached hydrogens (primary N) is 1. The molecule has 0 amide bonds. The number of nitrogens with zero attached hydrogens (tertiary/aromatic N) is 3. The number of carbonyl (C=O) groups is 1. The van der Waals surface area contributed by atoms with E-state index in [1.54, 1.807) is 24.3 Å². The fourth-order valence-electron chi connectivity index (χ4n) is 1.54. The van der Waals surface area contributed by atoms with Gasteiger partial charge in [-0.3, -0.25) is 0 Å². The first-order valence-corrected chi connectivity index (χ1v) is 5.09. The van der Waals surface area contributed by atoms with Crippen LogP contribution in [0.3, 0.4) is 0 Å². The van der Waals surface area contributed by atoms with Crippen LogP contribution in [0, 0.1) is 11.3 Å². The lowest BCUT2D eigenvalue weighted by molar-refractivity contribution is 0.0602. The molecular weight excluding hydrogens is 232 g/mol. The summed E-state index contributed by atoms with van der Waals surface area (Å²) in [5, 5.41) is 12.8. The molecule has 1 aromatic heterocycles. The van der Waals surface area contributed by atoms with Gasteiger partial charge in [-0.05, 0) is 18.2 Å². The largest absolute Gasteiger partial charge is 0.465 e. The number of nitriles is 1. The van der Waals surface area contributed by atoms with Crippen molar-refractivity contribution < 1.29 is 9.53 Å². The third-order valence-corrected chi connectivity index (χ3v) is 2.43. The van der Waals surface area contributed by atoms with Gasteiger partial charge in [0, 0.05) is 0 Å². The lowest BCUT2D eigenvalue weighted by Crippen LogP contribution is -2.07. The fourth-order valence-corrected chi connectivity index (χ4v) is 1.54. The third kappa shape index (κ3) is 1.89. The molecule has 0 atom stereocenters. The molecule has 6 heteroatoms. The van der Waals surface area contributed by atoms with E-state index in [9.17, 15) is 4.79 Å². The lowest BCUT2D eigenvalue weighted by atomic mass is 10.2. The first-order chi connectivity index (χ1) is 8.67. The van der Waals surface area contributed by atoms with E-state index in [1.807, 2.05) is 6.07 Å². The monoisotopic (exact) mass is 242 g/mol. The molecule has 0 unspecified atom stereocenters. The average molecular weight is 242 g/mol. The topological polar surface area (TPSA) is 93.9 Å². The number of rotatable bonds is 2.